The molecule has 136 valence electrons. The molecule has 0 aromatic rings. The summed E-state index contributed by atoms with van der Waals surface area (Å²) in [4.78, 5) is 11.9. The number of aliphatic hydroxyl groups is 2. The van der Waals surface area contributed by atoms with Crippen molar-refractivity contribution in [3.63, 3.8) is 0 Å². The summed E-state index contributed by atoms with van der Waals surface area (Å²) < 4.78 is 0. The Balaban J connectivity index is 1.71. The van der Waals surface area contributed by atoms with Gasteiger partial charge in [-0.25, -0.2) is 0 Å². The van der Waals surface area contributed by atoms with Crippen molar-refractivity contribution >= 4 is 5.78 Å². The Morgan fingerprint density at radius 2 is 2.16 bits per heavy atom. The maximum atomic E-state index is 11.9. The minimum Gasteiger partial charge on any atom is -0.392 e. The van der Waals surface area contributed by atoms with Gasteiger partial charge in [0.15, 0.2) is 0 Å². The molecule has 0 radical (unpaired) electrons. The number of allylic oxidation sites excluding steroid dienone is 3. The third-order valence-corrected chi connectivity index (χ3v) is 8.10. The van der Waals surface area contributed by atoms with Crippen LogP contribution in [-0.2, 0) is 4.79 Å². The highest BCUT2D eigenvalue weighted by atomic mass is 16.3. The molecule has 6 atom stereocenters. The van der Waals surface area contributed by atoms with Crippen LogP contribution in [0.2, 0.25) is 0 Å². The fourth-order valence-corrected chi connectivity index (χ4v) is 6.86. The van der Waals surface area contributed by atoms with Crippen LogP contribution in [0.15, 0.2) is 36.0 Å². The van der Waals surface area contributed by atoms with Gasteiger partial charge in [0.1, 0.15) is 5.78 Å². The van der Waals surface area contributed by atoms with E-state index in [-0.39, 0.29) is 12.0 Å². The Morgan fingerprint density at radius 3 is 2.88 bits per heavy atom. The normalized spacial score (nSPS) is 46.1. The van der Waals surface area contributed by atoms with Crippen LogP contribution in [0.5, 0.6) is 0 Å². The van der Waals surface area contributed by atoms with Gasteiger partial charge in [-0.3, -0.25) is 4.79 Å². The molecule has 3 nitrogen and oxygen atoms in total. The Kier molecular flexibility index (Phi) is 3.90. The maximum Gasteiger partial charge on any atom is 0.136 e. The quantitative estimate of drug-likeness (QED) is 0.754. The summed E-state index contributed by atoms with van der Waals surface area (Å²) in [6, 6.07) is 0. The van der Waals surface area contributed by atoms with Crippen LogP contribution in [0.4, 0.5) is 0 Å². The van der Waals surface area contributed by atoms with Gasteiger partial charge in [0.25, 0.3) is 0 Å². The first-order chi connectivity index (χ1) is 11.8. The average Bonchev–Trinajstić information content (AvgIpc) is 2.85. The summed E-state index contributed by atoms with van der Waals surface area (Å²) in [5.74, 6) is 2.22. The van der Waals surface area contributed by atoms with E-state index in [9.17, 15) is 15.0 Å². The van der Waals surface area contributed by atoms with Crippen molar-refractivity contribution < 1.29 is 15.0 Å². The second-order valence-electron chi connectivity index (χ2n) is 9.08. The number of fused-ring (bicyclic) bond motifs is 5. The van der Waals surface area contributed by atoms with Crippen molar-refractivity contribution in [2.24, 2.45) is 29.1 Å². The number of rotatable bonds is 2. The molecule has 0 saturated heterocycles. The third-order valence-electron chi connectivity index (χ3n) is 8.10. The summed E-state index contributed by atoms with van der Waals surface area (Å²) in [6.07, 6.45) is 8.07. The summed E-state index contributed by atoms with van der Waals surface area (Å²) in [5.41, 5.74) is 1.85. The minimum absolute atomic E-state index is 0.159. The molecule has 0 amide bonds. The zero-order chi connectivity index (χ0) is 18.0. The van der Waals surface area contributed by atoms with Crippen LogP contribution >= 0.6 is 0 Å². The fraction of sp³-hybridized carbons (Fsp3) is 0.682. The van der Waals surface area contributed by atoms with Gasteiger partial charge in [-0.05, 0) is 61.3 Å². The van der Waals surface area contributed by atoms with E-state index in [1.807, 2.05) is 0 Å². The first-order valence-electron chi connectivity index (χ1n) is 9.71. The highest BCUT2D eigenvalue weighted by molar-refractivity contribution is 5.82. The molecule has 3 saturated carbocycles. The lowest BCUT2D eigenvalue weighted by molar-refractivity contribution is -0.120. The third kappa shape index (κ3) is 2.21. The number of hydrogen-bond acceptors (Lipinski definition) is 3. The van der Waals surface area contributed by atoms with Gasteiger partial charge < -0.3 is 10.2 Å². The second kappa shape index (κ2) is 5.65. The molecule has 3 heteroatoms. The van der Waals surface area contributed by atoms with Crippen molar-refractivity contribution in [3.8, 4) is 0 Å². The standard InChI is InChI=1S/C22H30O3/c1-13-11-21(3)19(8-9-22(21,25)14(2)12-23)18-6-4-15-10-16(24)5-7-17(15)20(13)18/h4,17-20,23,25H,1-2,5-12H2,3H3/t17-,18-,19-,20+,21-,22+/m0/s1. The van der Waals surface area contributed by atoms with E-state index in [0.717, 1.165) is 25.7 Å². The van der Waals surface area contributed by atoms with Gasteiger partial charge >= 0.3 is 0 Å². The van der Waals surface area contributed by atoms with Gasteiger partial charge in [-0.15, -0.1) is 0 Å². The molecule has 0 aromatic heterocycles. The van der Waals surface area contributed by atoms with Gasteiger partial charge in [-0.1, -0.05) is 37.3 Å². The van der Waals surface area contributed by atoms with E-state index in [4.69, 9.17) is 0 Å². The molecule has 0 aliphatic heterocycles. The molecule has 4 aliphatic carbocycles. The predicted molar refractivity (Wildman–Crippen MR) is 97.8 cm³/mol. The maximum absolute atomic E-state index is 11.9. The van der Waals surface area contributed by atoms with Crippen LogP contribution in [0.3, 0.4) is 0 Å². The highest BCUT2D eigenvalue weighted by Crippen LogP contribution is 2.66. The number of Topliss-reactive ketones (excluding diaryl/α,β-unsaturated/α-hetero) is 1. The van der Waals surface area contributed by atoms with Crippen LogP contribution in [0, 0.1) is 29.1 Å². The molecule has 3 fully saturated rings. The first kappa shape index (κ1) is 17.2. The molecule has 0 spiro atoms. The van der Waals surface area contributed by atoms with E-state index >= 15 is 0 Å². The van der Waals surface area contributed by atoms with Crippen LogP contribution < -0.4 is 0 Å². The molecule has 0 aromatic carbocycles. The molecular weight excluding hydrogens is 312 g/mol. The van der Waals surface area contributed by atoms with Crippen molar-refractivity contribution in [2.75, 3.05) is 6.61 Å². The molecule has 4 rings (SSSR count). The number of aliphatic hydroxyl groups excluding tert-OH is 1. The number of carbonyl (C=O) groups is 1. The smallest absolute Gasteiger partial charge is 0.136 e. The molecule has 0 unspecified atom stereocenters. The van der Waals surface area contributed by atoms with E-state index in [1.165, 1.54) is 11.1 Å². The SMILES string of the molecule is C=C1C[C@@]2(C)[C@@H](CC[C@@]2(O)C(=C)CO)[C@@H]2CC=C3CC(=O)CC[C@@H]3[C@@H]12. The Morgan fingerprint density at radius 1 is 1.40 bits per heavy atom. The molecule has 2 N–H and O–H groups in total. The lowest BCUT2D eigenvalue weighted by Crippen LogP contribution is -2.54. The van der Waals surface area contributed by atoms with E-state index in [0.29, 0.717) is 54.3 Å². The van der Waals surface area contributed by atoms with Crippen LogP contribution in [0.25, 0.3) is 0 Å². The van der Waals surface area contributed by atoms with Crippen molar-refractivity contribution in [1.29, 1.82) is 0 Å². The Bertz CT molecular complexity index is 675. The first-order valence-corrected chi connectivity index (χ1v) is 9.71. The monoisotopic (exact) mass is 342 g/mol. The van der Waals surface area contributed by atoms with Gasteiger partial charge in [0, 0.05) is 18.3 Å². The zero-order valence-corrected chi connectivity index (χ0v) is 15.3. The Labute approximate surface area is 150 Å². The molecule has 4 aliphatic rings. The van der Waals surface area contributed by atoms with Gasteiger partial charge in [-0.2, -0.15) is 0 Å². The number of carbonyl (C=O) groups excluding carboxylic acids is 1. The van der Waals surface area contributed by atoms with Crippen LogP contribution in [-0.4, -0.2) is 28.2 Å². The summed E-state index contributed by atoms with van der Waals surface area (Å²) >= 11 is 0. The number of ketones is 1. The van der Waals surface area contributed by atoms with Crippen molar-refractivity contribution in [1.82, 2.24) is 0 Å². The average molecular weight is 342 g/mol. The topological polar surface area (TPSA) is 57.5 Å². The predicted octanol–water partition coefficient (Wildman–Crippen LogP) is 3.57. The van der Waals surface area contributed by atoms with Crippen LogP contribution in [0.1, 0.15) is 51.9 Å². The fourth-order valence-electron chi connectivity index (χ4n) is 6.86. The molecule has 0 heterocycles. The zero-order valence-electron chi connectivity index (χ0n) is 15.3. The van der Waals surface area contributed by atoms with E-state index in [2.05, 4.69) is 26.2 Å². The number of hydrogen-bond donors (Lipinski definition) is 2. The molecule has 0 bridgehead atoms. The second-order valence-corrected chi connectivity index (χ2v) is 9.08. The summed E-state index contributed by atoms with van der Waals surface area (Å²) in [7, 11) is 0. The lowest BCUT2D eigenvalue weighted by Gasteiger charge is -2.56. The summed E-state index contributed by atoms with van der Waals surface area (Å²) in [5, 5.41) is 21.0. The molecule has 25 heavy (non-hydrogen) atoms. The van der Waals surface area contributed by atoms with Crippen molar-refractivity contribution in [3.05, 3.63) is 36.0 Å². The largest absolute Gasteiger partial charge is 0.392 e. The highest BCUT2D eigenvalue weighted by Gasteiger charge is 2.63. The van der Waals surface area contributed by atoms with Crippen molar-refractivity contribution in [2.45, 2.75) is 57.5 Å². The Hall–Kier alpha value is -1.19. The van der Waals surface area contributed by atoms with Gasteiger partial charge in [0.2, 0.25) is 0 Å². The minimum atomic E-state index is -0.993. The van der Waals surface area contributed by atoms with E-state index in [1.54, 1.807) is 0 Å². The van der Waals surface area contributed by atoms with E-state index < -0.39 is 5.60 Å². The lowest BCUT2D eigenvalue weighted by atomic mass is 9.49. The van der Waals surface area contributed by atoms with Gasteiger partial charge in [0.05, 0.1) is 12.2 Å². The summed E-state index contributed by atoms with van der Waals surface area (Å²) in [6.45, 7) is 10.5. The molecular formula is C22H30O3.